The summed E-state index contributed by atoms with van der Waals surface area (Å²) < 4.78 is 11.0. The summed E-state index contributed by atoms with van der Waals surface area (Å²) in [5.41, 5.74) is 4.27. The molecule has 0 saturated heterocycles. The zero-order valence-corrected chi connectivity index (χ0v) is 17.7. The molecule has 0 radical (unpaired) electrons. The monoisotopic (exact) mass is 384 g/mol. The lowest BCUT2D eigenvalue weighted by Crippen LogP contribution is -2.33. The minimum Gasteiger partial charge on any atom is -0.493 e. The van der Waals surface area contributed by atoms with E-state index in [1.165, 1.54) is 0 Å². The highest BCUT2D eigenvalue weighted by atomic mass is 16.5. The number of likely N-dealkylation sites (N-methyl/N-ethyl adjacent to an activating group) is 1. The van der Waals surface area contributed by atoms with E-state index >= 15 is 0 Å². The van der Waals surface area contributed by atoms with E-state index in [4.69, 9.17) is 9.47 Å². The average molecular weight is 385 g/mol. The highest BCUT2D eigenvalue weighted by Crippen LogP contribution is 2.28. The Balaban J connectivity index is 2.05. The first-order valence-electron chi connectivity index (χ1n) is 9.92. The van der Waals surface area contributed by atoms with Crippen molar-refractivity contribution in [3.05, 3.63) is 53.1 Å². The molecule has 0 aliphatic heterocycles. The van der Waals surface area contributed by atoms with Gasteiger partial charge in [-0.05, 0) is 55.6 Å². The van der Waals surface area contributed by atoms with Gasteiger partial charge in [0.05, 0.1) is 20.3 Å². The number of benzene rings is 2. The number of rotatable bonds is 10. The predicted molar refractivity (Wildman–Crippen MR) is 114 cm³/mol. The van der Waals surface area contributed by atoms with E-state index < -0.39 is 0 Å². The van der Waals surface area contributed by atoms with E-state index in [-0.39, 0.29) is 5.91 Å². The molecule has 152 valence electrons. The van der Waals surface area contributed by atoms with Gasteiger partial charge >= 0.3 is 0 Å². The number of anilines is 1. The number of aryl methyl sites for hydroxylation is 2. The van der Waals surface area contributed by atoms with Crippen molar-refractivity contribution in [3.8, 4) is 11.5 Å². The third-order valence-electron chi connectivity index (χ3n) is 4.75. The van der Waals surface area contributed by atoms with Crippen LogP contribution in [0.5, 0.6) is 11.5 Å². The summed E-state index contributed by atoms with van der Waals surface area (Å²) in [6.45, 7) is 10.5. The number of ether oxygens (including phenoxy) is 2. The molecule has 5 heteroatoms. The molecule has 5 nitrogen and oxygen atoms in total. The first-order chi connectivity index (χ1) is 13.5. The largest absolute Gasteiger partial charge is 0.493 e. The van der Waals surface area contributed by atoms with Gasteiger partial charge in [0, 0.05) is 12.2 Å². The molecule has 0 aliphatic carbocycles. The molecular formula is C23H32N2O3. The molecule has 0 aromatic heterocycles. The number of amides is 1. The van der Waals surface area contributed by atoms with E-state index in [1.54, 1.807) is 7.11 Å². The van der Waals surface area contributed by atoms with Gasteiger partial charge in [-0.1, -0.05) is 38.1 Å². The average Bonchev–Trinajstić information content (AvgIpc) is 2.70. The van der Waals surface area contributed by atoms with Crippen molar-refractivity contribution in [1.82, 2.24) is 4.90 Å². The summed E-state index contributed by atoms with van der Waals surface area (Å²) in [4.78, 5) is 14.8. The van der Waals surface area contributed by atoms with Gasteiger partial charge in [-0.25, -0.2) is 0 Å². The molecule has 0 heterocycles. The fourth-order valence-electron chi connectivity index (χ4n) is 3.21. The number of para-hydroxylation sites is 1. The van der Waals surface area contributed by atoms with Crippen LogP contribution in [-0.2, 0) is 17.8 Å². The lowest BCUT2D eigenvalue weighted by molar-refractivity contribution is -0.117. The number of methoxy groups -OCH3 is 1. The molecule has 1 N–H and O–H groups in total. The van der Waals surface area contributed by atoms with Crippen molar-refractivity contribution < 1.29 is 14.3 Å². The summed E-state index contributed by atoms with van der Waals surface area (Å²) in [5.74, 6) is 1.46. The van der Waals surface area contributed by atoms with Crippen molar-refractivity contribution in [2.45, 2.75) is 40.7 Å². The van der Waals surface area contributed by atoms with Crippen molar-refractivity contribution in [3.63, 3.8) is 0 Å². The second kappa shape index (κ2) is 10.7. The molecule has 0 spiro atoms. The maximum absolute atomic E-state index is 12.7. The van der Waals surface area contributed by atoms with E-state index in [0.717, 1.165) is 41.1 Å². The highest BCUT2D eigenvalue weighted by Gasteiger charge is 2.14. The molecule has 1 amide bonds. The maximum Gasteiger partial charge on any atom is 0.238 e. The Kier molecular flexibility index (Phi) is 8.33. The molecule has 0 fully saturated rings. The van der Waals surface area contributed by atoms with Gasteiger partial charge in [0.2, 0.25) is 5.91 Å². The smallest absolute Gasteiger partial charge is 0.238 e. The number of hydrogen-bond acceptors (Lipinski definition) is 4. The quantitative estimate of drug-likeness (QED) is 0.659. The van der Waals surface area contributed by atoms with Crippen LogP contribution in [0.4, 0.5) is 5.69 Å². The molecule has 2 aromatic carbocycles. The van der Waals surface area contributed by atoms with Crippen LogP contribution in [-0.4, -0.2) is 37.6 Å². The van der Waals surface area contributed by atoms with Crippen LogP contribution in [0, 0.1) is 6.92 Å². The Morgan fingerprint density at radius 3 is 2.54 bits per heavy atom. The Morgan fingerprint density at radius 2 is 1.89 bits per heavy atom. The first-order valence-corrected chi connectivity index (χ1v) is 9.92. The van der Waals surface area contributed by atoms with Gasteiger partial charge in [-0.15, -0.1) is 0 Å². The third kappa shape index (κ3) is 5.73. The van der Waals surface area contributed by atoms with Gasteiger partial charge in [0.15, 0.2) is 11.5 Å². The van der Waals surface area contributed by atoms with Crippen molar-refractivity contribution >= 4 is 11.6 Å². The molecule has 0 unspecified atom stereocenters. The Labute approximate surface area is 168 Å². The molecule has 2 aromatic rings. The van der Waals surface area contributed by atoms with Gasteiger partial charge in [0.1, 0.15) is 0 Å². The van der Waals surface area contributed by atoms with Crippen molar-refractivity contribution in [2.24, 2.45) is 0 Å². The summed E-state index contributed by atoms with van der Waals surface area (Å²) >= 11 is 0. The Morgan fingerprint density at radius 1 is 1.11 bits per heavy atom. The highest BCUT2D eigenvalue weighted by molar-refractivity contribution is 5.93. The topological polar surface area (TPSA) is 50.8 Å². The minimum absolute atomic E-state index is 0.00347. The van der Waals surface area contributed by atoms with Crippen LogP contribution in [0.15, 0.2) is 36.4 Å². The van der Waals surface area contributed by atoms with Crippen LogP contribution in [0.3, 0.4) is 0 Å². The van der Waals surface area contributed by atoms with E-state index in [0.29, 0.717) is 25.4 Å². The van der Waals surface area contributed by atoms with Gasteiger partial charge in [-0.3, -0.25) is 9.69 Å². The number of carbonyl (C=O) groups is 1. The summed E-state index contributed by atoms with van der Waals surface area (Å²) in [5, 5.41) is 3.10. The van der Waals surface area contributed by atoms with E-state index in [9.17, 15) is 4.79 Å². The molecular weight excluding hydrogens is 352 g/mol. The normalized spacial score (nSPS) is 10.8. The van der Waals surface area contributed by atoms with Gasteiger partial charge in [-0.2, -0.15) is 0 Å². The number of hydrogen-bond donors (Lipinski definition) is 1. The molecule has 0 aliphatic rings. The predicted octanol–water partition coefficient (Wildman–Crippen LogP) is 4.43. The standard InChI is InChI=1S/C23H32N2O3/c1-6-19-11-9-10-17(4)23(19)24-22(26)16-25(7-2)15-18-12-13-20(28-8-3)21(14-18)27-5/h9-14H,6-8,15-16H2,1-5H3,(H,24,26). The molecule has 2 rings (SSSR count). The van der Waals surface area contributed by atoms with E-state index in [2.05, 4.69) is 30.1 Å². The Hall–Kier alpha value is -2.53. The van der Waals surface area contributed by atoms with Gasteiger partial charge in [0.25, 0.3) is 0 Å². The van der Waals surface area contributed by atoms with Crippen LogP contribution < -0.4 is 14.8 Å². The van der Waals surface area contributed by atoms with Crippen molar-refractivity contribution in [2.75, 3.05) is 32.1 Å². The van der Waals surface area contributed by atoms with Crippen LogP contribution in [0.1, 0.15) is 37.5 Å². The lowest BCUT2D eigenvalue weighted by atomic mass is 10.1. The molecule has 0 bridgehead atoms. The third-order valence-corrected chi connectivity index (χ3v) is 4.75. The zero-order chi connectivity index (χ0) is 20.5. The first kappa shape index (κ1) is 21.8. The molecule has 28 heavy (non-hydrogen) atoms. The minimum atomic E-state index is 0.00347. The summed E-state index contributed by atoms with van der Waals surface area (Å²) in [6, 6.07) is 12.0. The summed E-state index contributed by atoms with van der Waals surface area (Å²) in [6.07, 6.45) is 0.890. The zero-order valence-electron chi connectivity index (χ0n) is 17.7. The fraction of sp³-hybridized carbons (Fsp3) is 0.435. The number of nitrogens with one attached hydrogen (secondary N) is 1. The fourth-order valence-corrected chi connectivity index (χ4v) is 3.21. The second-order valence-corrected chi connectivity index (χ2v) is 6.73. The molecule has 0 saturated carbocycles. The number of nitrogens with zero attached hydrogens (tertiary/aromatic N) is 1. The Bertz CT molecular complexity index is 789. The van der Waals surface area contributed by atoms with Crippen LogP contribution in [0.25, 0.3) is 0 Å². The summed E-state index contributed by atoms with van der Waals surface area (Å²) in [7, 11) is 1.64. The number of carbonyl (C=O) groups excluding carboxylic acids is 1. The maximum atomic E-state index is 12.7. The SMILES string of the molecule is CCOc1ccc(CN(CC)CC(=O)Nc2c(C)cccc2CC)cc1OC. The van der Waals surface area contributed by atoms with Gasteiger partial charge < -0.3 is 14.8 Å². The second-order valence-electron chi connectivity index (χ2n) is 6.73. The van der Waals surface area contributed by atoms with E-state index in [1.807, 2.05) is 44.2 Å². The lowest BCUT2D eigenvalue weighted by Gasteiger charge is -2.21. The van der Waals surface area contributed by atoms with Crippen molar-refractivity contribution in [1.29, 1.82) is 0 Å². The van der Waals surface area contributed by atoms with Crippen LogP contribution >= 0.6 is 0 Å². The van der Waals surface area contributed by atoms with Crippen LogP contribution in [0.2, 0.25) is 0 Å². The molecule has 0 atom stereocenters.